The molecule has 9 nitrogen and oxygen atoms in total. The number of rotatable bonds is 6. The van der Waals surface area contributed by atoms with Gasteiger partial charge in [-0.3, -0.25) is 4.68 Å². The second-order valence-corrected chi connectivity index (χ2v) is 8.04. The first-order valence-corrected chi connectivity index (χ1v) is 9.93. The average molecular weight is 384 g/mol. The molecule has 0 spiro atoms. The molecule has 5 N–H and O–H groups in total. The summed E-state index contributed by atoms with van der Waals surface area (Å²) in [6, 6.07) is -1.01. The molecule has 2 saturated carbocycles. The van der Waals surface area contributed by atoms with Gasteiger partial charge < -0.3 is 30.4 Å². The van der Waals surface area contributed by atoms with E-state index in [1.807, 2.05) is 0 Å². The standard InChI is InChI=1S/C18H32N4O5/c1-21(13-14(23)16(25)18(27)17(26)15(13)24)12-10-22(20-19-12)9-5-8-11-6-3-2-4-7-11/h10-11,13-18,23-27H,2-9H2,1H3. The fourth-order valence-corrected chi connectivity index (χ4v) is 4.40. The number of likely N-dealkylation sites (N-methyl/N-ethyl adjacent to an activating group) is 1. The van der Waals surface area contributed by atoms with Gasteiger partial charge in [-0.25, -0.2) is 0 Å². The molecule has 9 heteroatoms. The predicted octanol–water partition coefficient (Wildman–Crippen LogP) is -0.738. The fourth-order valence-electron chi connectivity index (χ4n) is 4.40. The van der Waals surface area contributed by atoms with Crippen molar-refractivity contribution >= 4 is 5.82 Å². The lowest BCUT2D eigenvalue weighted by Crippen LogP contribution is -2.68. The SMILES string of the molecule is CN(c1cn(CCCC2CCCCC2)nn1)C1C(O)C(O)C(O)C(O)C1O. The number of anilines is 1. The molecule has 0 radical (unpaired) electrons. The molecule has 1 aromatic heterocycles. The number of aliphatic hydroxyl groups is 5. The van der Waals surface area contributed by atoms with Crippen molar-refractivity contribution < 1.29 is 25.5 Å². The van der Waals surface area contributed by atoms with Crippen molar-refractivity contribution in [3.05, 3.63) is 6.20 Å². The van der Waals surface area contributed by atoms with Crippen molar-refractivity contribution in [3.63, 3.8) is 0 Å². The van der Waals surface area contributed by atoms with Crippen molar-refractivity contribution in [1.29, 1.82) is 0 Å². The van der Waals surface area contributed by atoms with Crippen molar-refractivity contribution in [3.8, 4) is 0 Å². The highest BCUT2D eigenvalue weighted by atomic mass is 16.4. The molecule has 1 aromatic rings. The summed E-state index contributed by atoms with van der Waals surface area (Å²) in [5.74, 6) is 1.23. The molecule has 0 saturated heterocycles. The molecular formula is C18H32N4O5. The van der Waals surface area contributed by atoms with Gasteiger partial charge in [0.15, 0.2) is 5.82 Å². The number of nitrogens with zero attached hydrogens (tertiary/aromatic N) is 4. The van der Waals surface area contributed by atoms with Crippen LogP contribution < -0.4 is 4.90 Å². The molecule has 4 atom stereocenters. The fraction of sp³-hybridized carbons (Fsp3) is 0.889. The van der Waals surface area contributed by atoms with E-state index in [4.69, 9.17) is 0 Å². The molecule has 0 aliphatic heterocycles. The van der Waals surface area contributed by atoms with Crippen LogP contribution in [0.5, 0.6) is 0 Å². The minimum Gasteiger partial charge on any atom is -0.388 e. The molecular weight excluding hydrogens is 352 g/mol. The predicted molar refractivity (Wildman–Crippen MR) is 98.1 cm³/mol. The Hall–Kier alpha value is -1.26. The zero-order valence-corrected chi connectivity index (χ0v) is 15.8. The number of aryl methyl sites for hydroxylation is 1. The van der Waals surface area contributed by atoms with Crippen LogP contribution in [0.3, 0.4) is 0 Å². The third-order valence-electron chi connectivity index (χ3n) is 6.16. The molecule has 27 heavy (non-hydrogen) atoms. The van der Waals surface area contributed by atoms with Crippen LogP contribution in [0.15, 0.2) is 6.20 Å². The highest BCUT2D eigenvalue weighted by Crippen LogP contribution is 2.28. The summed E-state index contributed by atoms with van der Waals surface area (Å²) in [6.07, 6.45) is 3.02. The Labute approximate surface area is 159 Å². The number of aromatic nitrogens is 3. The van der Waals surface area contributed by atoms with Crippen LogP contribution in [-0.2, 0) is 6.54 Å². The van der Waals surface area contributed by atoms with E-state index in [1.165, 1.54) is 43.4 Å². The van der Waals surface area contributed by atoms with Gasteiger partial charge in [0.2, 0.25) is 0 Å². The third kappa shape index (κ3) is 4.43. The minimum absolute atomic E-state index is 0.423. The van der Waals surface area contributed by atoms with Crippen molar-refractivity contribution in [2.75, 3.05) is 11.9 Å². The molecule has 154 valence electrons. The summed E-state index contributed by atoms with van der Waals surface area (Å²) in [5.41, 5.74) is 0. The van der Waals surface area contributed by atoms with Gasteiger partial charge >= 0.3 is 0 Å². The van der Waals surface area contributed by atoms with Crippen molar-refractivity contribution in [2.24, 2.45) is 5.92 Å². The van der Waals surface area contributed by atoms with Crippen LogP contribution in [0.25, 0.3) is 0 Å². The van der Waals surface area contributed by atoms with Gasteiger partial charge in [0, 0.05) is 13.6 Å². The van der Waals surface area contributed by atoms with Gasteiger partial charge in [0.25, 0.3) is 0 Å². The molecule has 2 aliphatic rings. The highest BCUT2D eigenvalue weighted by Gasteiger charge is 2.50. The lowest BCUT2D eigenvalue weighted by Gasteiger charge is -2.45. The van der Waals surface area contributed by atoms with Crippen LogP contribution >= 0.6 is 0 Å². The summed E-state index contributed by atoms with van der Waals surface area (Å²) in [4.78, 5) is 1.48. The summed E-state index contributed by atoms with van der Waals surface area (Å²) in [6.45, 7) is 0.747. The van der Waals surface area contributed by atoms with Crippen LogP contribution in [0, 0.1) is 5.92 Å². The van der Waals surface area contributed by atoms with Crippen LogP contribution in [0.2, 0.25) is 0 Å². The average Bonchev–Trinajstić information content (AvgIpc) is 3.15. The van der Waals surface area contributed by atoms with Crippen molar-refractivity contribution in [2.45, 2.75) is 88.1 Å². The van der Waals surface area contributed by atoms with E-state index >= 15 is 0 Å². The van der Waals surface area contributed by atoms with Gasteiger partial charge in [0.05, 0.1) is 12.2 Å². The first-order chi connectivity index (χ1) is 12.9. The maximum absolute atomic E-state index is 10.2. The smallest absolute Gasteiger partial charge is 0.171 e. The zero-order chi connectivity index (χ0) is 19.6. The van der Waals surface area contributed by atoms with Gasteiger partial charge in [-0.1, -0.05) is 37.3 Å². The summed E-state index contributed by atoms with van der Waals surface area (Å²) < 4.78 is 1.73. The van der Waals surface area contributed by atoms with E-state index < -0.39 is 36.6 Å². The number of hydrogen-bond donors (Lipinski definition) is 5. The third-order valence-corrected chi connectivity index (χ3v) is 6.16. The highest BCUT2D eigenvalue weighted by molar-refractivity contribution is 5.37. The lowest BCUT2D eigenvalue weighted by atomic mass is 9.82. The minimum atomic E-state index is -1.60. The Morgan fingerprint density at radius 1 is 0.963 bits per heavy atom. The van der Waals surface area contributed by atoms with E-state index in [0.29, 0.717) is 5.82 Å². The molecule has 3 rings (SSSR count). The molecule has 0 aromatic carbocycles. The second kappa shape index (κ2) is 8.83. The van der Waals surface area contributed by atoms with Gasteiger partial charge in [0.1, 0.15) is 30.5 Å². The Kier molecular flexibility index (Phi) is 6.69. The Balaban J connectivity index is 1.58. The normalized spacial score (nSPS) is 35.3. The van der Waals surface area contributed by atoms with Crippen LogP contribution in [-0.4, -0.2) is 84.1 Å². The lowest BCUT2D eigenvalue weighted by molar-refractivity contribution is -0.185. The zero-order valence-electron chi connectivity index (χ0n) is 15.8. The van der Waals surface area contributed by atoms with Crippen LogP contribution in [0.4, 0.5) is 5.82 Å². The van der Waals surface area contributed by atoms with Gasteiger partial charge in [-0.05, 0) is 18.8 Å². The quantitative estimate of drug-likeness (QED) is 0.433. The van der Waals surface area contributed by atoms with E-state index in [2.05, 4.69) is 10.3 Å². The first-order valence-electron chi connectivity index (χ1n) is 9.93. The van der Waals surface area contributed by atoms with Crippen molar-refractivity contribution in [1.82, 2.24) is 15.0 Å². The number of hydrogen-bond acceptors (Lipinski definition) is 8. The number of aliphatic hydroxyl groups excluding tert-OH is 5. The summed E-state index contributed by atoms with van der Waals surface area (Å²) in [7, 11) is 1.60. The van der Waals surface area contributed by atoms with Gasteiger partial charge in [-0.15, -0.1) is 5.10 Å². The first kappa shape index (κ1) is 20.5. The molecule has 0 amide bonds. The van der Waals surface area contributed by atoms with E-state index in [0.717, 1.165) is 18.9 Å². The molecule has 2 aliphatic carbocycles. The second-order valence-electron chi connectivity index (χ2n) is 8.04. The van der Waals surface area contributed by atoms with Crippen LogP contribution in [0.1, 0.15) is 44.9 Å². The molecule has 0 bridgehead atoms. The van der Waals surface area contributed by atoms with E-state index in [9.17, 15) is 25.5 Å². The molecule has 1 heterocycles. The maximum Gasteiger partial charge on any atom is 0.171 e. The molecule has 4 unspecified atom stereocenters. The van der Waals surface area contributed by atoms with E-state index in [1.54, 1.807) is 17.9 Å². The topological polar surface area (TPSA) is 135 Å². The largest absolute Gasteiger partial charge is 0.388 e. The van der Waals surface area contributed by atoms with E-state index in [-0.39, 0.29) is 0 Å². The molecule has 2 fully saturated rings. The Bertz CT molecular complexity index is 578. The maximum atomic E-state index is 10.2. The summed E-state index contributed by atoms with van der Waals surface area (Å²) in [5, 5.41) is 58.2. The van der Waals surface area contributed by atoms with Gasteiger partial charge in [-0.2, -0.15) is 0 Å². The monoisotopic (exact) mass is 384 g/mol. The Morgan fingerprint density at radius 2 is 1.56 bits per heavy atom. The Morgan fingerprint density at radius 3 is 2.19 bits per heavy atom. The summed E-state index contributed by atoms with van der Waals surface area (Å²) >= 11 is 0.